The van der Waals surface area contributed by atoms with E-state index >= 15 is 0 Å². The van der Waals surface area contributed by atoms with Crippen molar-refractivity contribution in [3.05, 3.63) is 96.3 Å². The number of benzene rings is 2. The smallest absolute Gasteiger partial charge is 0.357 e. The summed E-state index contributed by atoms with van der Waals surface area (Å²) in [6.45, 7) is 2.69. The monoisotopic (exact) mass is 409 g/mol. The molecule has 30 heavy (non-hydrogen) atoms. The number of aryl methyl sites for hydroxylation is 1. The van der Waals surface area contributed by atoms with Crippen LogP contribution in [-0.2, 0) is 0 Å². The van der Waals surface area contributed by atoms with Crippen molar-refractivity contribution >= 4 is 17.8 Å². The van der Waals surface area contributed by atoms with Gasteiger partial charge in [-0.3, -0.25) is 19.9 Å². The van der Waals surface area contributed by atoms with Gasteiger partial charge in [-0.05, 0) is 42.8 Å². The molecule has 1 heterocycles. The molecule has 0 amide bonds. The molecule has 2 aromatic carbocycles. The predicted octanol–water partition coefficient (Wildman–Crippen LogP) is 2.91. The van der Waals surface area contributed by atoms with Gasteiger partial charge in [-0.2, -0.15) is 0 Å². The maximum absolute atomic E-state index is 11.7. The number of H-pyrrole nitrogens is 2. The number of hydrogen-bond donors (Lipinski definition) is 2. The van der Waals surface area contributed by atoms with Crippen molar-refractivity contribution in [1.82, 2.24) is 9.97 Å². The summed E-state index contributed by atoms with van der Waals surface area (Å²) in [5.74, 6) is 1.34. The topological polar surface area (TPSA) is 127 Å². The summed E-state index contributed by atoms with van der Waals surface area (Å²) >= 11 is 0. The molecule has 9 heteroatoms. The Morgan fingerprint density at radius 1 is 0.967 bits per heavy atom. The highest BCUT2D eigenvalue weighted by Gasteiger charge is 2.18. The van der Waals surface area contributed by atoms with Crippen LogP contribution in [0, 0.1) is 17.0 Å². The molecule has 0 aliphatic carbocycles. The van der Waals surface area contributed by atoms with Crippen LogP contribution < -0.4 is 20.7 Å². The van der Waals surface area contributed by atoms with E-state index in [-0.39, 0.29) is 5.69 Å². The average Bonchev–Trinajstić information content (AvgIpc) is 2.70. The molecular weight excluding hydrogens is 390 g/mol. The molecule has 0 bridgehead atoms. The highest BCUT2D eigenvalue weighted by molar-refractivity contribution is 5.72. The Balaban J connectivity index is 1.64. The lowest BCUT2D eigenvalue weighted by Gasteiger charge is -2.09. The van der Waals surface area contributed by atoms with Crippen molar-refractivity contribution in [3.8, 4) is 11.5 Å². The van der Waals surface area contributed by atoms with E-state index in [9.17, 15) is 19.7 Å². The van der Waals surface area contributed by atoms with E-state index in [0.29, 0.717) is 24.5 Å². The first-order valence-electron chi connectivity index (χ1n) is 9.04. The second-order valence-corrected chi connectivity index (χ2v) is 6.34. The molecule has 0 fully saturated rings. The Bertz CT molecular complexity index is 1180. The second kappa shape index (κ2) is 9.37. The molecule has 154 valence electrons. The summed E-state index contributed by atoms with van der Waals surface area (Å²) in [5.41, 5.74) is -0.983. The lowest BCUT2D eigenvalue weighted by atomic mass is 10.2. The van der Waals surface area contributed by atoms with Gasteiger partial charge in [-0.15, -0.1) is 0 Å². The fourth-order valence-electron chi connectivity index (χ4n) is 2.64. The standard InChI is InChI=1S/C21H19N3O6/c1-14-5-8-16(9-6-14)29-11-12-30-17-4-2-3-15(13-17)7-10-18-19(24(27)28)20(25)23-21(26)22-18/h2-10,13H,11-12H2,1H3,(H2,22,23,25,26). The zero-order valence-electron chi connectivity index (χ0n) is 16.1. The van der Waals surface area contributed by atoms with Crippen molar-refractivity contribution in [2.75, 3.05) is 13.2 Å². The maximum Gasteiger partial charge on any atom is 0.357 e. The largest absolute Gasteiger partial charge is 0.490 e. The molecule has 0 saturated heterocycles. The van der Waals surface area contributed by atoms with Gasteiger partial charge in [0.2, 0.25) is 0 Å². The van der Waals surface area contributed by atoms with Crippen LogP contribution in [0.2, 0.25) is 0 Å². The molecule has 3 rings (SSSR count). The summed E-state index contributed by atoms with van der Waals surface area (Å²) in [4.78, 5) is 37.4. The van der Waals surface area contributed by atoms with Gasteiger partial charge in [0.25, 0.3) is 0 Å². The second-order valence-electron chi connectivity index (χ2n) is 6.34. The number of nitrogens with one attached hydrogen (secondary N) is 2. The van der Waals surface area contributed by atoms with Crippen molar-refractivity contribution < 1.29 is 14.4 Å². The van der Waals surface area contributed by atoms with E-state index in [1.165, 1.54) is 12.2 Å². The number of aromatic nitrogens is 2. The quantitative estimate of drug-likeness (QED) is 0.335. The molecule has 2 N–H and O–H groups in total. The number of nitrogens with zero attached hydrogens (tertiary/aromatic N) is 1. The van der Waals surface area contributed by atoms with Crippen LogP contribution in [0.4, 0.5) is 5.69 Å². The van der Waals surface area contributed by atoms with Crippen LogP contribution in [0.3, 0.4) is 0 Å². The van der Waals surface area contributed by atoms with Gasteiger partial charge in [-0.1, -0.05) is 35.9 Å². The molecule has 0 aliphatic heterocycles. The lowest BCUT2D eigenvalue weighted by Crippen LogP contribution is -2.25. The molecule has 0 atom stereocenters. The summed E-state index contributed by atoms with van der Waals surface area (Å²) in [6.07, 6.45) is 2.84. The van der Waals surface area contributed by atoms with E-state index < -0.39 is 21.9 Å². The molecule has 0 aliphatic rings. The zero-order chi connectivity index (χ0) is 21.5. The SMILES string of the molecule is Cc1ccc(OCCOc2cccc(C=Cc3[nH]c(=O)[nH]c(=O)c3[N+](=O)[O-])c2)cc1. The molecule has 1 aromatic heterocycles. The molecule has 0 radical (unpaired) electrons. The number of rotatable bonds is 8. The van der Waals surface area contributed by atoms with Gasteiger partial charge in [0.05, 0.1) is 4.92 Å². The highest BCUT2D eigenvalue weighted by atomic mass is 16.6. The first-order valence-corrected chi connectivity index (χ1v) is 9.04. The van der Waals surface area contributed by atoms with Crippen LogP contribution in [-0.4, -0.2) is 28.1 Å². The Morgan fingerprint density at radius 2 is 1.67 bits per heavy atom. The molecule has 0 saturated carbocycles. The van der Waals surface area contributed by atoms with Crippen LogP contribution in [0.5, 0.6) is 11.5 Å². The van der Waals surface area contributed by atoms with E-state index in [2.05, 4.69) is 4.98 Å². The number of hydrogen-bond acceptors (Lipinski definition) is 6. The third-order valence-corrected chi connectivity index (χ3v) is 4.07. The Morgan fingerprint density at radius 3 is 2.37 bits per heavy atom. The summed E-state index contributed by atoms with van der Waals surface area (Å²) in [5, 5.41) is 11.1. The van der Waals surface area contributed by atoms with Gasteiger partial charge < -0.3 is 14.5 Å². The fraction of sp³-hybridized carbons (Fsp3) is 0.143. The van der Waals surface area contributed by atoms with Crippen molar-refractivity contribution in [3.63, 3.8) is 0 Å². The minimum absolute atomic E-state index is 0.188. The Kier molecular flexibility index (Phi) is 6.43. The zero-order valence-corrected chi connectivity index (χ0v) is 16.1. The summed E-state index contributed by atoms with van der Waals surface area (Å²) in [6, 6.07) is 14.7. The lowest BCUT2D eigenvalue weighted by molar-refractivity contribution is -0.386. The van der Waals surface area contributed by atoms with Gasteiger partial charge in [0, 0.05) is 0 Å². The number of aromatic amines is 2. The average molecular weight is 409 g/mol. The van der Waals surface area contributed by atoms with Crippen molar-refractivity contribution in [1.29, 1.82) is 0 Å². The molecule has 0 spiro atoms. The van der Waals surface area contributed by atoms with Gasteiger partial charge in [0.15, 0.2) is 0 Å². The fourth-order valence-corrected chi connectivity index (χ4v) is 2.64. The van der Waals surface area contributed by atoms with Gasteiger partial charge in [-0.25, -0.2) is 4.79 Å². The number of ether oxygens (including phenoxy) is 2. The first kappa shape index (κ1) is 20.6. The first-order chi connectivity index (χ1) is 14.4. The molecule has 0 unspecified atom stereocenters. The third kappa shape index (κ3) is 5.44. The minimum atomic E-state index is -1.06. The maximum atomic E-state index is 11.7. The van der Waals surface area contributed by atoms with E-state index in [1.807, 2.05) is 36.2 Å². The van der Waals surface area contributed by atoms with Crippen LogP contribution in [0.1, 0.15) is 16.8 Å². The Labute approximate surface area is 170 Å². The molecule has 9 nitrogen and oxygen atoms in total. The van der Waals surface area contributed by atoms with Crippen molar-refractivity contribution in [2.24, 2.45) is 0 Å². The molecular formula is C21H19N3O6. The van der Waals surface area contributed by atoms with Gasteiger partial charge >= 0.3 is 16.9 Å². The van der Waals surface area contributed by atoms with E-state index in [1.54, 1.807) is 24.3 Å². The summed E-state index contributed by atoms with van der Waals surface area (Å²) in [7, 11) is 0. The minimum Gasteiger partial charge on any atom is -0.490 e. The van der Waals surface area contributed by atoms with Crippen LogP contribution in [0.15, 0.2) is 58.1 Å². The third-order valence-electron chi connectivity index (χ3n) is 4.07. The number of nitro groups is 1. The van der Waals surface area contributed by atoms with Gasteiger partial charge in [0.1, 0.15) is 30.4 Å². The van der Waals surface area contributed by atoms with E-state index in [4.69, 9.17) is 9.47 Å². The highest BCUT2D eigenvalue weighted by Crippen LogP contribution is 2.17. The summed E-state index contributed by atoms with van der Waals surface area (Å²) < 4.78 is 11.3. The van der Waals surface area contributed by atoms with Crippen molar-refractivity contribution in [2.45, 2.75) is 6.92 Å². The van der Waals surface area contributed by atoms with Crippen LogP contribution >= 0.6 is 0 Å². The van der Waals surface area contributed by atoms with E-state index in [0.717, 1.165) is 11.3 Å². The predicted molar refractivity (Wildman–Crippen MR) is 112 cm³/mol. The molecule has 3 aromatic rings. The Hall–Kier alpha value is -4.14. The van der Waals surface area contributed by atoms with Crippen LogP contribution in [0.25, 0.3) is 12.2 Å². The normalized spacial score (nSPS) is 10.8.